The number of nitrogens with one attached hydrogen (secondary N) is 1. The zero-order valence-electron chi connectivity index (χ0n) is 9.05. The number of hydrogen-bond acceptors (Lipinski definition) is 2. The van der Waals surface area contributed by atoms with Gasteiger partial charge in [-0.1, -0.05) is 0 Å². The Kier molecular flexibility index (Phi) is 3.07. The maximum atomic E-state index is 13.6. The Hall–Kier alpha value is -1.26. The molecule has 0 amide bonds. The Balaban J connectivity index is 2.65. The average molecular weight is 302 g/mol. The Morgan fingerprint density at radius 2 is 1.84 bits per heavy atom. The van der Waals surface area contributed by atoms with Crippen LogP contribution in [0.15, 0.2) is 6.07 Å². The van der Waals surface area contributed by atoms with Crippen LogP contribution in [0, 0.1) is 17.5 Å². The number of hydrogen-bond donors (Lipinski definition) is 2. The summed E-state index contributed by atoms with van der Waals surface area (Å²) in [4.78, 5) is 0. The Morgan fingerprint density at radius 1 is 1.26 bits per heavy atom. The largest absolute Gasteiger partial charge is 0.275 e. The van der Waals surface area contributed by atoms with Gasteiger partial charge >= 0.3 is 0 Å². The minimum absolute atomic E-state index is 0.129. The van der Waals surface area contributed by atoms with E-state index >= 15 is 0 Å². The zero-order chi connectivity index (χ0) is 14.6. The Bertz CT molecular complexity index is 647. The van der Waals surface area contributed by atoms with Crippen molar-refractivity contribution in [2.45, 2.75) is 18.4 Å². The maximum absolute atomic E-state index is 13.6. The van der Waals surface area contributed by atoms with Crippen LogP contribution < -0.4 is 9.86 Å². The van der Waals surface area contributed by atoms with E-state index in [1.807, 2.05) is 0 Å². The van der Waals surface area contributed by atoms with Crippen LogP contribution in [0.5, 0.6) is 0 Å². The molecule has 0 fully saturated rings. The molecule has 0 bridgehead atoms. The van der Waals surface area contributed by atoms with E-state index in [0.717, 1.165) is 0 Å². The van der Waals surface area contributed by atoms with E-state index in [-0.39, 0.29) is 6.07 Å². The molecule has 106 valence electrons. The fourth-order valence-electron chi connectivity index (χ4n) is 1.99. The van der Waals surface area contributed by atoms with E-state index in [2.05, 4.69) is 5.14 Å². The molecule has 0 aliphatic heterocycles. The highest BCUT2D eigenvalue weighted by Gasteiger charge is 2.52. The second-order valence-electron chi connectivity index (χ2n) is 4.08. The van der Waals surface area contributed by atoms with E-state index in [9.17, 15) is 30.4 Å². The SMILES string of the molecule is NS(=O)(=O)N[C@H]1c2c(F)c(F)cc(F)c2CC1(F)F. The van der Waals surface area contributed by atoms with Gasteiger partial charge in [-0.15, -0.1) is 0 Å². The van der Waals surface area contributed by atoms with Crippen LogP contribution >= 0.6 is 0 Å². The molecule has 3 N–H and O–H groups in total. The van der Waals surface area contributed by atoms with Crippen LogP contribution in [0.25, 0.3) is 0 Å². The van der Waals surface area contributed by atoms with Crippen molar-refractivity contribution >= 4 is 10.2 Å². The summed E-state index contributed by atoms with van der Waals surface area (Å²) in [6.07, 6.45) is -1.25. The van der Waals surface area contributed by atoms with Crippen LogP contribution in [0.4, 0.5) is 22.0 Å². The molecule has 1 aromatic carbocycles. The first-order valence-electron chi connectivity index (χ1n) is 4.87. The summed E-state index contributed by atoms with van der Waals surface area (Å²) >= 11 is 0. The van der Waals surface area contributed by atoms with Gasteiger partial charge in [-0.25, -0.2) is 27.1 Å². The minimum Gasteiger partial charge on any atom is -0.216 e. The van der Waals surface area contributed by atoms with Gasteiger partial charge in [0, 0.05) is 23.6 Å². The fraction of sp³-hybridized carbons (Fsp3) is 0.333. The molecule has 1 aliphatic rings. The summed E-state index contributed by atoms with van der Waals surface area (Å²) in [7, 11) is -4.61. The summed E-state index contributed by atoms with van der Waals surface area (Å²) in [6.45, 7) is 0. The van der Waals surface area contributed by atoms with E-state index in [4.69, 9.17) is 0 Å². The standard InChI is InChI=1S/C9H7F5N2O2S/c10-4-1-5(11)7(12)6-3(4)2-9(13,14)8(6)16-19(15,17)18/h1,8,16H,2H2,(H2,15,17,18)/t8-/m0/s1. The van der Waals surface area contributed by atoms with Crippen LogP contribution in [0.2, 0.25) is 0 Å². The first-order chi connectivity index (χ1) is 8.53. The average Bonchev–Trinajstić information content (AvgIpc) is 2.47. The fourth-order valence-corrected chi connectivity index (χ4v) is 2.61. The Labute approximate surface area is 104 Å². The van der Waals surface area contributed by atoms with Crippen molar-refractivity contribution in [2.24, 2.45) is 5.14 Å². The van der Waals surface area contributed by atoms with Gasteiger partial charge in [0.15, 0.2) is 11.6 Å². The molecule has 0 saturated heterocycles. The van der Waals surface area contributed by atoms with E-state index in [0.29, 0.717) is 0 Å². The normalized spacial score (nSPS) is 21.5. The molecule has 10 heteroatoms. The Morgan fingerprint density at radius 3 is 2.37 bits per heavy atom. The lowest BCUT2D eigenvalue weighted by Crippen LogP contribution is -2.41. The van der Waals surface area contributed by atoms with Gasteiger partial charge in [-0.05, 0) is 0 Å². The molecule has 19 heavy (non-hydrogen) atoms. The van der Waals surface area contributed by atoms with E-state index < -0.39 is 57.2 Å². The first-order valence-corrected chi connectivity index (χ1v) is 6.41. The summed E-state index contributed by atoms with van der Waals surface area (Å²) < 4.78 is 89.9. The van der Waals surface area contributed by atoms with Gasteiger partial charge in [0.1, 0.15) is 11.9 Å². The van der Waals surface area contributed by atoms with Crippen LogP contribution in [-0.2, 0) is 16.6 Å². The summed E-state index contributed by atoms with van der Waals surface area (Å²) in [5, 5.41) is 4.54. The van der Waals surface area contributed by atoms with Gasteiger partial charge in [0.2, 0.25) is 0 Å². The molecule has 1 atom stereocenters. The summed E-state index contributed by atoms with van der Waals surface area (Å²) in [6, 6.07) is -2.31. The highest BCUT2D eigenvalue weighted by Crippen LogP contribution is 2.45. The van der Waals surface area contributed by atoms with Crippen molar-refractivity contribution in [1.82, 2.24) is 4.72 Å². The molecule has 0 aromatic heterocycles. The maximum Gasteiger partial charge on any atom is 0.275 e. The zero-order valence-corrected chi connectivity index (χ0v) is 9.87. The number of alkyl halides is 2. The molecule has 0 spiro atoms. The molecule has 2 rings (SSSR count). The predicted molar refractivity (Wildman–Crippen MR) is 54.0 cm³/mol. The van der Waals surface area contributed by atoms with Crippen LogP contribution in [-0.4, -0.2) is 14.3 Å². The van der Waals surface area contributed by atoms with E-state index in [1.54, 1.807) is 0 Å². The van der Waals surface area contributed by atoms with Crippen molar-refractivity contribution in [2.75, 3.05) is 0 Å². The third-order valence-electron chi connectivity index (χ3n) is 2.72. The molecule has 0 heterocycles. The summed E-state index contributed by atoms with van der Waals surface area (Å²) in [5.41, 5.74) is -1.83. The van der Waals surface area contributed by atoms with Gasteiger partial charge in [-0.2, -0.15) is 13.1 Å². The topological polar surface area (TPSA) is 72.2 Å². The molecule has 0 unspecified atom stereocenters. The third kappa shape index (κ3) is 2.42. The lowest BCUT2D eigenvalue weighted by molar-refractivity contribution is -0.0197. The monoisotopic (exact) mass is 302 g/mol. The molecular formula is C9H7F5N2O2S. The second kappa shape index (κ2) is 4.12. The predicted octanol–water partition coefficient (Wildman–Crippen LogP) is 1.13. The highest BCUT2D eigenvalue weighted by molar-refractivity contribution is 7.87. The molecule has 1 aliphatic carbocycles. The summed E-state index contributed by atoms with van der Waals surface area (Å²) in [5.74, 6) is -8.60. The lowest BCUT2D eigenvalue weighted by atomic mass is 10.1. The van der Waals surface area contributed by atoms with Gasteiger partial charge in [0.25, 0.3) is 16.1 Å². The molecular weight excluding hydrogens is 295 g/mol. The van der Waals surface area contributed by atoms with Crippen LogP contribution in [0.1, 0.15) is 17.2 Å². The van der Waals surface area contributed by atoms with Gasteiger partial charge < -0.3 is 0 Å². The molecule has 4 nitrogen and oxygen atoms in total. The minimum atomic E-state index is -4.61. The number of rotatable bonds is 2. The highest BCUT2D eigenvalue weighted by atomic mass is 32.2. The van der Waals surface area contributed by atoms with Crippen molar-refractivity contribution < 1.29 is 30.4 Å². The van der Waals surface area contributed by atoms with Crippen molar-refractivity contribution in [3.63, 3.8) is 0 Å². The number of benzene rings is 1. The second-order valence-corrected chi connectivity index (χ2v) is 5.41. The first kappa shape index (κ1) is 14.2. The van der Waals surface area contributed by atoms with E-state index in [1.165, 1.54) is 4.72 Å². The number of nitrogens with two attached hydrogens (primary N) is 1. The quantitative estimate of drug-likeness (QED) is 0.635. The smallest absolute Gasteiger partial charge is 0.216 e. The number of halogens is 5. The molecule has 0 saturated carbocycles. The van der Waals surface area contributed by atoms with Gasteiger partial charge in [0.05, 0.1) is 0 Å². The lowest BCUT2D eigenvalue weighted by Gasteiger charge is -2.20. The van der Waals surface area contributed by atoms with Crippen molar-refractivity contribution in [3.05, 3.63) is 34.6 Å². The van der Waals surface area contributed by atoms with Crippen molar-refractivity contribution in [3.8, 4) is 0 Å². The third-order valence-corrected chi connectivity index (χ3v) is 3.28. The van der Waals surface area contributed by atoms with Crippen LogP contribution in [0.3, 0.4) is 0 Å². The molecule has 1 aromatic rings. The van der Waals surface area contributed by atoms with Gasteiger partial charge in [-0.3, -0.25) is 0 Å². The number of fused-ring (bicyclic) bond motifs is 1. The molecule has 0 radical (unpaired) electrons. The van der Waals surface area contributed by atoms with Crippen molar-refractivity contribution in [1.29, 1.82) is 0 Å².